The van der Waals surface area contributed by atoms with E-state index in [1.54, 1.807) is 6.07 Å². The molecule has 0 aromatic heterocycles. The number of nitriles is 1. The first kappa shape index (κ1) is 16.5. The Morgan fingerprint density at radius 1 is 1.20 bits per heavy atom. The number of hydrogen-bond donors (Lipinski definition) is 2. The summed E-state index contributed by atoms with van der Waals surface area (Å²) >= 11 is 0. The Kier molecular flexibility index (Phi) is 3.93. The van der Waals surface area contributed by atoms with Crippen LogP contribution in [0.25, 0.3) is 0 Å². The lowest BCUT2D eigenvalue weighted by atomic mass is 9.83. The maximum atomic E-state index is 12.5. The average Bonchev–Trinajstić information content (AvgIpc) is 2.52. The summed E-state index contributed by atoms with van der Waals surface area (Å²) in [5.74, 6) is -1.17. The molecule has 0 spiro atoms. The number of phenolic OH excluding ortho intramolecular Hbond substituents is 1. The molecule has 1 unspecified atom stereocenters. The van der Waals surface area contributed by atoms with Crippen molar-refractivity contribution in [2.75, 3.05) is 0 Å². The highest BCUT2D eigenvalue weighted by molar-refractivity contribution is 5.57. The number of phenols is 1. The lowest BCUT2D eigenvalue weighted by Crippen LogP contribution is -2.21. The van der Waals surface area contributed by atoms with Crippen molar-refractivity contribution >= 4 is 0 Å². The molecule has 0 aliphatic carbocycles. The molecule has 0 bridgehead atoms. The van der Waals surface area contributed by atoms with Crippen LogP contribution in [-0.2, 0) is 0 Å². The number of nitrogens with two attached hydrogens (primary N) is 1. The molecule has 8 heteroatoms. The van der Waals surface area contributed by atoms with E-state index >= 15 is 0 Å². The molecule has 128 valence electrons. The van der Waals surface area contributed by atoms with E-state index in [9.17, 15) is 23.5 Å². The lowest BCUT2D eigenvalue weighted by Gasteiger charge is -2.26. The Labute approximate surface area is 140 Å². The van der Waals surface area contributed by atoms with Gasteiger partial charge in [-0.1, -0.05) is 18.2 Å². The summed E-state index contributed by atoms with van der Waals surface area (Å²) in [6, 6.07) is 11.5. The second-order valence-electron chi connectivity index (χ2n) is 5.27. The SMILES string of the molecule is N#CC1=C(N)Oc2cc(O)ccc2C1c1cccc(OC(F)(F)F)c1. The Bertz CT molecular complexity index is 901. The molecule has 5 nitrogen and oxygen atoms in total. The number of allylic oxidation sites excluding steroid dienone is 1. The topological polar surface area (TPSA) is 88.5 Å². The van der Waals surface area contributed by atoms with Crippen LogP contribution in [0.2, 0.25) is 0 Å². The average molecular weight is 348 g/mol. The fraction of sp³-hybridized carbons (Fsp3) is 0.118. The summed E-state index contributed by atoms with van der Waals surface area (Å²) in [5, 5.41) is 19.0. The number of alkyl halides is 3. The van der Waals surface area contributed by atoms with Crippen molar-refractivity contribution in [3.05, 3.63) is 65.0 Å². The number of ether oxygens (including phenoxy) is 2. The molecule has 0 fully saturated rings. The highest BCUT2D eigenvalue weighted by Gasteiger charge is 2.33. The van der Waals surface area contributed by atoms with Crippen LogP contribution in [0.5, 0.6) is 17.2 Å². The maximum absolute atomic E-state index is 12.5. The van der Waals surface area contributed by atoms with Crippen molar-refractivity contribution in [1.29, 1.82) is 5.26 Å². The van der Waals surface area contributed by atoms with Crippen LogP contribution in [0, 0.1) is 11.3 Å². The molecular formula is C17H11F3N2O3. The smallest absolute Gasteiger partial charge is 0.508 e. The molecule has 3 rings (SSSR count). The van der Waals surface area contributed by atoms with Gasteiger partial charge < -0.3 is 20.3 Å². The summed E-state index contributed by atoms with van der Waals surface area (Å²) < 4.78 is 46.6. The van der Waals surface area contributed by atoms with E-state index in [1.807, 2.05) is 6.07 Å². The third-order valence-electron chi connectivity index (χ3n) is 3.63. The van der Waals surface area contributed by atoms with E-state index in [4.69, 9.17) is 10.5 Å². The van der Waals surface area contributed by atoms with E-state index < -0.39 is 18.0 Å². The summed E-state index contributed by atoms with van der Waals surface area (Å²) in [7, 11) is 0. The van der Waals surface area contributed by atoms with Crippen LogP contribution in [0.4, 0.5) is 13.2 Å². The molecule has 3 N–H and O–H groups in total. The first-order chi connectivity index (χ1) is 11.8. The molecule has 2 aromatic carbocycles. The second kappa shape index (κ2) is 5.94. The van der Waals surface area contributed by atoms with Gasteiger partial charge in [-0.3, -0.25) is 0 Å². The molecule has 1 atom stereocenters. The van der Waals surface area contributed by atoms with Gasteiger partial charge in [0.05, 0.1) is 5.92 Å². The van der Waals surface area contributed by atoms with Gasteiger partial charge in [0.2, 0.25) is 5.88 Å². The molecular weight excluding hydrogens is 337 g/mol. The number of rotatable bonds is 2. The van der Waals surface area contributed by atoms with Crippen LogP contribution in [0.3, 0.4) is 0 Å². The number of fused-ring (bicyclic) bond motifs is 1. The highest BCUT2D eigenvalue weighted by Crippen LogP contribution is 2.43. The summed E-state index contributed by atoms with van der Waals surface area (Å²) in [5.41, 5.74) is 6.69. The maximum Gasteiger partial charge on any atom is 0.573 e. The minimum absolute atomic E-state index is 0.0577. The zero-order valence-electron chi connectivity index (χ0n) is 12.5. The van der Waals surface area contributed by atoms with Crippen molar-refractivity contribution < 1.29 is 27.8 Å². The predicted molar refractivity (Wildman–Crippen MR) is 80.5 cm³/mol. The van der Waals surface area contributed by atoms with Crippen molar-refractivity contribution in [2.24, 2.45) is 5.73 Å². The van der Waals surface area contributed by atoms with Crippen LogP contribution in [0.15, 0.2) is 53.9 Å². The molecule has 0 saturated heterocycles. The molecule has 2 aromatic rings. The van der Waals surface area contributed by atoms with E-state index in [0.29, 0.717) is 11.1 Å². The number of benzene rings is 2. The summed E-state index contributed by atoms with van der Waals surface area (Å²) in [6.45, 7) is 0. The van der Waals surface area contributed by atoms with E-state index in [-0.39, 0.29) is 23.0 Å². The quantitative estimate of drug-likeness (QED) is 0.867. The number of hydrogen-bond acceptors (Lipinski definition) is 5. The van der Waals surface area contributed by atoms with Gasteiger partial charge >= 0.3 is 6.36 Å². The third kappa shape index (κ3) is 3.30. The number of aromatic hydroxyl groups is 1. The van der Waals surface area contributed by atoms with Gasteiger partial charge in [-0.2, -0.15) is 5.26 Å². The minimum Gasteiger partial charge on any atom is -0.508 e. The fourth-order valence-corrected chi connectivity index (χ4v) is 2.68. The van der Waals surface area contributed by atoms with Gasteiger partial charge in [-0.25, -0.2) is 0 Å². The second-order valence-corrected chi connectivity index (χ2v) is 5.27. The van der Waals surface area contributed by atoms with Gasteiger partial charge in [0, 0.05) is 11.6 Å². The van der Waals surface area contributed by atoms with Crippen molar-refractivity contribution in [1.82, 2.24) is 0 Å². The highest BCUT2D eigenvalue weighted by atomic mass is 19.4. The first-order valence-electron chi connectivity index (χ1n) is 7.04. The fourth-order valence-electron chi connectivity index (χ4n) is 2.68. The Balaban J connectivity index is 2.12. The van der Waals surface area contributed by atoms with Crippen molar-refractivity contribution in [3.8, 4) is 23.3 Å². The normalized spacial score (nSPS) is 16.6. The Morgan fingerprint density at radius 2 is 1.96 bits per heavy atom. The van der Waals surface area contributed by atoms with E-state index in [2.05, 4.69) is 4.74 Å². The largest absolute Gasteiger partial charge is 0.573 e. The lowest BCUT2D eigenvalue weighted by molar-refractivity contribution is -0.274. The zero-order chi connectivity index (χ0) is 18.2. The third-order valence-corrected chi connectivity index (χ3v) is 3.63. The van der Waals surface area contributed by atoms with Crippen LogP contribution in [0.1, 0.15) is 17.0 Å². The molecule has 1 heterocycles. The van der Waals surface area contributed by atoms with Crippen LogP contribution in [-0.4, -0.2) is 11.5 Å². The minimum atomic E-state index is -4.83. The van der Waals surface area contributed by atoms with Gasteiger partial charge in [-0.15, -0.1) is 13.2 Å². The molecule has 25 heavy (non-hydrogen) atoms. The van der Waals surface area contributed by atoms with Gasteiger partial charge in [0.15, 0.2) is 0 Å². The Morgan fingerprint density at radius 3 is 2.64 bits per heavy atom. The van der Waals surface area contributed by atoms with Crippen LogP contribution >= 0.6 is 0 Å². The van der Waals surface area contributed by atoms with Gasteiger partial charge in [0.25, 0.3) is 0 Å². The van der Waals surface area contributed by atoms with Gasteiger partial charge in [0.1, 0.15) is 28.9 Å². The van der Waals surface area contributed by atoms with Crippen LogP contribution < -0.4 is 15.2 Å². The zero-order valence-corrected chi connectivity index (χ0v) is 12.5. The van der Waals surface area contributed by atoms with E-state index in [0.717, 1.165) is 6.07 Å². The molecule has 1 aliphatic rings. The summed E-state index contributed by atoms with van der Waals surface area (Å²) in [4.78, 5) is 0. The molecule has 1 aliphatic heterocycles. The molecule has 0 saturated carbocycles. The van der Waals surface area contributed by atoms with Crippen molar-refractivity contribution in [2.45, 2.75) is 12.3 Å². The first-order valence-corrected chi connectivity index (χ1v) is 7.04. The van der Waals surface area contributed by atoms with Gasteiger partial charge in [-0.05, 0) is 23.8 Å². The number of halogens is 3. The van der Waals surface area contributed by atoms with E-state index in [1.165, 1.54) is 30.3 Å². The van der Waals surface area contributed by atoms with Crippen molar-refractivity contribution in [3.63, 3.8) is 0 Å². The monoisotopic (exact) mass is 348 g/mol. The standard InChI is InChI=1S/C17H11F3N2O3/c18-17(19,20)25-11-3-1-2-9(6-11)15-12-5-4-10(23)7-14(12)24-16(22)13(15)8-21/h1-7,15,23H,22H2. The predicted octanol–water partition coefficient (Wildman–Crippen LogP) is 3.51. The summed E-state index contributed by atoms with van der Waals surface area (Å²) in [6.07, 6.45) is -4.83. The Hall–Kier alpha value is -3.34. The molecule has 0 radical (unpaired) electrons. The molecule has 0 amide bonds. The number of nitrogens with zero attached hydrogens (tertiary/aromatic N) is 1.